The summed E-state index contributed by atoms with van der Waals surface area (Å²) in [6.45, 7) is -0.582. The number of ether oxygens (including phenoxy) is 1. The van der Waals surface area contributed by atoms with Gasteiger partial charge in [-0.05, 0) is 36.4 Å². The number of fused-ring (bicyclic) bond motifs is 1. The summed E-state index contributed by atoms with van der Waals surface area (Å²) in [6.07, 6.45) is 1.72. The van der Waals surface area contributed by atoms with E-state index < -0.39 is 24.0 Å². The quantitative estimate of drug-likeness (QED) is 0.174. The van der Waals surface area contributed by atoms with Crippen molar-refractivity contribution < 1.29 is 20.2 Å². The van der Waals surface area contributed by atoms with Crippen LogP contribution in [0.2, 0.25) is 0 Å². The summed E-state index contributed by atoms with van der Waals surface area (Å²) in [5.41, 5.74) is 2.58. The van der Waals surface area contributed by atoms with Gasteiger partial charge in [0.25, 0.3) is 5.56 Å². The highest BCUT2D eigenvalue weighted by Gasteiger charge is 2.28. The zero-order valence-corrected chi connectivity index (χ0v) is 19.2. The van der Waals surface area contributed by atoms with Crippen molar-refractivity contribution in [3.05, 3.63) is 44.6 Å². The van der Waals surface area contributed by atoms with Gasteiger partial charge in [0.15, 0.2) is 11.2 Å². The van der Waals surface area contributed by atoms with Gasteiger partial charge in [-0.3, -0.25) is 13.9 Å². The first-order valence-corrected chi connectivity index (χ1v) is 11.2. The maximum atomic E-state index is 13.4. The summed E-state index contributed by atoms with van der Waals surface area (Å²) >= 11 is 0. The molecule has 2 aromatic heterocycles. The van der Waals surface area contributed by atoms with Gasteiger partial charge in [0, 0.05) is 0 Å². The largest absolute Gasteiger partial charge is 0.497 e. The maximum Gasteiger partial charge on any atom is 0.334 e. The lowest BCUT2D eigenvalue weighted by molar-refractivity contribution is 0.134. The molecule has 0 amide bonds. The van der Waals surface area contributed by atoms with Crippen LogP contribution in [-0.4, -0.2) is 67.8 Å². The molecule has 0 spiro atoms. The first-order valence-electron chi connectivity index (χ1n) is 11.2. The van der Waals surface area contributed by atoms with Gasteiger partial charge >= 0.3 is 5.69 Å². The van der Waals surface area contributed by atoms with Crippen molar-refractivity contribution in [3.63, 3.8) is 0 Å². The molecule has 1 aliphatic rings. The fraction of sp³-hybridized carbons (Fsp3) is 0.476. The van der Waals surface area contributed by atoms with Crippen LogP contribution >= 0.6 is 0 Å². The molecule has 2 atom stereocenters. The predicted octanol–water partition coefficient (Wildman–Crippen LogP) is -2.07. The molecule has 0 aliphatic heterocycles. The average Bonchev–Trinajstić information content (AvgIpc) is 3.38. The molecule has 12 nitrogen and oxygen atoms in total. The first-order chi connectivity index (χ1) is 16.4. The smallest absolute Gasteiger partial charge is 0.334 e. The van der Waals surface area contributed by atoms with E-state index in [4.69, 9.17) is 4.74 Å². The Bertz CT molecular complexity index is 1300. The molecule has 13 heteroatoms. The average molecular weight is 472 g/mol. The fourth-order valence-electron chi connectivity index (χ4n) is 4.56. The van der Waals surface area contributed by atoms with Crippen LogP contribution in [0.3, 0.4) is 0 Å². The highest BCUT2D eigenvalue weighted by Crippen LogP contribution is 2.25. The monoisotopic (exact) mass is 472 g/mol. The minimum atomic E-state index is -0.703. The Balaban J connectivity index is 1.93. The minimum absolute atomic E-state index is 0.0782. The Hall–Kier alpha value is -3.13. The van der Waals surface area contributed by atoms with Crippen LogP contribution in [-0.2, 0) is 19.8 Å². The van der Waals surface area contributed by atoms with Crippen molar-refractivity contribution in [1.82, 2.24) is 24.2 Å². The van der Waals surface area contributed by atoms with Crippen LogP contribution in [0.5, 0.6) is 5.75 Å². The molecule has 2 heterocycles. The third-order valence-corrected chi connectivity index (χ3v) is 6.26. The number of aromatic nitrogens is 4. The van der Waals surface area contributed by atoms with Crippen LogP contribution < -0.4 is 32.2 Å². The van der Waals surface area contributed by atoms with Gasteiger partial charge < -0.3 is 25.5 Å². The molecular formula is C21H29BN6O6. The van der Waals surface area contributed by atoms with E-state index in [9.17, 15) is 25.0 Å². The second kappa shape index (κ2) is 10.0. The minimum Gasteiger partial charge on any atom is -0.497 e. The summed E-state index contributed by atoms with van der Waals surface area (Å²) in [4.78, 5) is 30.9. The molecule has 4 rings (SSSR count). The lowest BCUT2D eigenvalue weighted by Crippen LogP contribution is -2.43. The number of aliphatic hydroxyl groups excluding tert-OH is 2. The van der Waals surface area contributed by atoms with E-state index in [1.54, 1.807) is 11.7 Å². The molecule has 3 aromatic rings. The second-order valence-electron chi connectivity index (χ2n) is 8.45. The molecule has 1 saturated carbocycles. The Morgan fingerprint density at radius 1 is 1.24 bits per heavy atom. The van der Waals surface area contributed by atoms with E-state index in [1.807, 2.05) is 31.5 Å². The number of nitrogens with one attached hydrogen (secondary N) is 2. The Kier molecular flexibility index (Phi) is 7.07. The number of imidazole rings is 1. The molecule has 0 unspecified atom stereocenters. The van der Waals surface area contributed by atoms with E-state index in [0.29, 0.717) is 12.4 Å². The van der Waals surface area contributed by atoms with Crippen molar-refractivity contribution in [2.45, 2.75) is 51.2 Å². The molecule has 1 aliphatic carbocycles. The highest BCUT2D eigenvalue weighted by molar-refractivity contribution is 6.34. The first kappa shape index (κ1) is 24.0. The number of benzene rings is 1. The molecule has 0 saturated heterocycles. The van der Waals surface area contributed by atoms with Crippen LogP contribution in [0.4, 0.5) is 5.95 Å². The number of hydroxylamine groups is 1. The van der Waals surface area contributed by atoms with Gasteiger partial charge in [0.05, 0.1) is 39.0 Å². The highest BCUT2D eigenvalue weighted by atomic mass is 16.5. The third-order valence-electron chi connectivity index (χ3n) is 6.26. The maximum absolute atomic E-state index is 13.4. The van der Waals surface area contributed by atoms with E-state index >= 15 is 0 Å². The number of nitrogens with zero attached hydrogens (tertiary/aromatic N) is 4. The van der Waals surface area contributed by atoms with E-state index in [-0.39, 0.29) is 36.9 Å². The van der Waals surface area contributed by atoms with E-state index in [1.165, 1.54) is 4.57 Å². The predicted molar refractivity (Wildman–Crippen MR) is 128 cm³/mol. The number of hydrogen-bond donors (Lipinski definition) is 5. The molecule has 0 bridgehead atoms. The molecule has 182 valence electrons. The topological polar surface area (TPSA) is 156 Å². The van der Waals surface area contributed by atoms with Gasteiger partial charge in [-0.2, -0.15) is 10.5 Å². The summed E-state index contributed by atoms with van der Waals surface area (Å²) in [7, 11) is 3.51. The van der Waals surface area contributed by atoms with Gasteiger partial charge in [-0.1, -0.05) is 12.1 Å². The van der Waals surface area contributed by atoms with Crippen molar-refractivity contribution >= 4 is 30.4 Å². The van der Waals surface area contributed by atoms with Crippen molar-refractivity contribution in [2.75, 3.05) is 19.0 Å². The van der Waals surface area contributed by atoms with Crippen LogP contribution in [0, 0.1) is 0 Å². The summed E-state index contributed by atoms with van der Waals surface area (Å²) in [5, 5.41) is 32.3. The van der Waals surface area contributed by atoms with Crippen LogP contribution in [0.1, 0.15) is 24.8 Å². The zero-order valence-electron chi connectivity index (χ0n) is 19.2. The van der Waals surface area contributed by atoms with Gasteiger partial charge in [0.2, 0.25) is 5.95 Å². The number of anilines is 1. The molecule has 0 radical (unpaired) electrons. The lowest BCUT2D eigenvalue weighted by atomic mass is 9.93. The third kappa shape index (κ3) is 4.34. The summed E-state index contributed by atoms with van der Waals surface area (Å²) < 4.78 is 9.07. The van der Waals surface area contributed by atoms with E-state index in [2.05, 4.69) is 10.3 Å². The summed E-state index contributed by atoms with van der Waals surface area (Å²) in [6, 6.07) is 5.42. The lowest BCUT2D eigenvalue weighted by Gasteiger charge is -2.18. The number of hydrogen-bond acceptors (Lipinski definition) is 9. The van der Waals surface area contributed by atoms with Crippen molar-refractivity contribution in [2.24, 2.45) is 0 Å². The molecule has 5 N–H and O–H groups in total. The SMILES string of the molecule is Bc1cc(Cn2c(N[C@@H]3CCC[C@H]3O)nc3c2c(=O)n(CNO)c(=O)n3CCO)ccc1OC. The van der Waals surface area contributed by atoms with Gasteiger partial charge in [-0.15, -0.1) is 0 Å². The standard InChI is InChI=1S/C21H29BN6O6/c1-34-16-6-5-12(9-13(16)22)10-27-17-18(25-20(27)24-14-3-2-4-15(14)30)26(7-8-29)21(32)28(11-23-33)19(17)31/h5-6,9,14-15,23,29-30,33H,2-4,7-8,10-11,22H2,1H3,(H,24,25)/t14-,15-/m1/s1. The molecular weight excluding hydrogens is 443 g/mol. The Labute approximate surface area is 195 Å². The fourth-order valence-corrected chi connectivity index (χ4v) is 4.56. The Morgan fingerprint density at radius 2 is 2.03 bits per heavy atom. The van der Waals surface area contributed by atoms with Crippen LogP contribution in [0.15, 0.2) is 27.8 Å². The normalized spacial score (nSPS) is 18.0. The Morgan fingerprint density at radius 3 is 2.65 bits per heavy atom. The van der Waals surface area contributed by atoms with Crippen molar-refractivity contribution in [3.8, 4) is 5.75 Å². The van der Waals surface area contributed by atoms with Crippen molar-refractivity contribution in [1.29, 1.82) is 0 Å². The molecule has 1 fully saturated rings. The van der Waals surface area contributed by atoms with Crippen LogP contribution in [0.25, 0.3) is 11.2 Å². The van der Waals surface area contributed by atoms with E-state index in [0.717, 1.165) is 34.2 Å². The zero-order chi connectivity index (χ0) is 24.4. The molecule has 1 aromatic carbocycles. The number of aliphatic hydroxyl groups is 2. The van der Waals surface area contributed by atoms with Gasteiger partial charge in [-0.25, -0.2) is 9.36 Å². The second-order valence-corrected chi connectivity index (χ2v) is 8.45. The summed E-state index contributed by atoms with van der Waals surface area (Å²) in [5.74, 6) is 1.08. The number of rotatable bonds is 9. The van der Waals surface area contributed by atoms with Gasteiger partial charge in [0.1, 0.15) is 20.3 Å². The number of methoxy groups -OCH3 is 1. The molecule has 34 heavy (non-hydrogen) atoms.